The first-order chi connectivity index (χ1) is 37.6. The number of rotatable bonds is 6. The molecule has 13 rings (SSSR count). The van der Waals surface area contributed by atoms with E-state index in [0.717, 1.165) is 10.8 Å². The fourth-order valence-corrected chi connectivity index (χ4v) is 9.26. The number of hydrogen-bond acceptors (Lipinski definition) is 4. The van der Waals surface area contributed by atoms with Gasteiger partial charge in [-0.3, -0.25) is 0 Å². The van der Waals surface area contributed by atoms with Gasteiger partial charge in [0.1, 0.15) is 11.6 Å². The van der Waals surface area contributed by atoms with E-state index in [-0.39, 0.29) is 52.1 Å². The van der Waals surface area contributed by atoms with E-state index in [4.69, 9.17) is 18.2 Å². The van der Waals surface area contributed by atoms with Crippen molar-refractivity contribution in [3.8, 4) is 57.3 Å². The third kappa shape index (κ3) is 5.51. The maximum atomic E-state index is 12.2. The molecule has 0 aliphatic carbocycles. The predicted octanol–water partition coefficient (Wildman–Crippen LogP) is 14.0. The molecule has 7 heteroatoms. The topological polar surface area (TPSA) is 77.2 Å². The van der Waals surface area contributed by atoms with Crippen LogP contribution in [-0.4, -0.2) is 28.7 Å². The van der Waals surface area contributed by atoms with E-state index in [1.807, 2.05) is 100 Å². The van der Waals surface area contributed by atoms with Gasteiger partial charge in [-0.25, -0.2) is 15.0 Å². The first-order valence-electron chi connectivity index (χ1n) is 27.1. The lowest BCUT2D eigenvalue weighted by Crippen LogP contribution is -2.12. The molecule has 0 aliphatic rings. The van der Waals surface area contributed by atoms with Crippen LogP contribution in [0, 0.1) is 11.3 Å². The summed E-state index contributed by atoms with van der Waals surface area (Å²) in [5.41, 5.74) is 2.42. The van der Waals surface area contributed by atoms with E-state index < -0.39 is 83.2 Å². The van der Waals surface area contributed by atoms with Gasteiger partial charge in [0.15, 0.2) is 17.5 Å². The summed E-state index contributed by atoms with van der Waals surface area (Å²) in [6, 6.07) is 35.7. The predicted molar refractivity (Wildman–Crippen MR) is 264 cm³/mol. The van der Waals surface area contributed by atoms with Crippen LogP contribution < -0.4 is 0 Å². The number of nitrogens with zero attached hydrogens (tertiary/aromatic N) is 7. The second-order valence-electron chi connectivity index (χ2n) is 15.3. The van der Waals surface area contributed by atoms with Crippen LogP contribution >= 0.6 is 0 Å². The lowest BCUT2D eigenvalue weighted by Gasteiger charge is -2.24. The van der Waals surface area contributed by atoms with Crippen LogP contribution in [0.3, 0.4) is 0 Å². The van der Waals surface area contributed by atoms with Crippen molar-refractivity contribution >= 4 is 65.4 Å². The highest BCUT2D eigenvalue weighted by Crippen LogP contribution is 2.46. The Morgan fingerprint density at radius 3 is 1.22 bits per heavy atom. The zero-order chi connectivity index (χ0) is 54.3. The number of fused-ring (bicyclic) bond motifs is 9. The maximum Gasteiger partial charge on any atom is 0.168 e. The van der Waals surface area contributed by atoms with Gasteiger partial charge < -0.3 is 13.7 Å². The van der Waals surface area contributed by atoms with Gasteiger partial charge in [-0.2, -0.15) is 5.26 Å². The zero-order valence-corrected chi connectivity index (χ0v) is 33.8. The Kier molecular flexibility index (Phi) is 5.73. The van der Waals surface area contributed by atoms with E-state index in [0.29, 0.717) is 54.6 Å². The second kappa shape index (κ2) is 14.5. The fourth-order valence-electron chi connectivity index (χ4n) is 9.26. The van der Waals surface area contributed by atoms with Crippen molar-refractivity contribution in [3.63, 3.8) is 0 Å². The number of benzene rings is 9. The number of hydrogen-bond donors (Lipinski definition) is 0. The lowest BCUT2D eigenvalue weighted by molar-refractivity contribution is 1.04. The Balaban J connectivity index is 1.35. The molecular formula is C58H35N7. The average molecular weight is 843 g/mol. The molecule has 302 valence electrons. The summed E-state index contributed by atoms with van der Waals surface area (Å²) in [7, 11) is 0. The first kappa shape index (κ1) is 25.7. The first-order valence-corrected chi connectivity index (χ1v) is 20.6. The fraction of sp³-hybridized carbons (Fsp3) is 0. The Bertz CT molecular complexity index is 4740. The number of aromatic nitrogens is 6. The van der Waals surface area contributed by atoms with Crippen molar-refractivity contribution in [1.82, 2.24) is 28.7 Å². The summed E-state index contributed by atoms with van der Waals surface area (Å²) in [5.74, 6) is -1.43. The SMILES string of the molecule is [2H]c1c([2H])c([2H])c(-c2nc(-c3c([2H])c([2H])c([2H])c([2H])c3[2H])nc(-c3c(-n4c5ccccc5c5cccc([2H])c54)cc(-n4c5ccccc5c5cccc([2H])c54)c(C#N)c3-n3c4ccccc4c4cccc([2H])c43)n2)c([2H])c1[2H]. The van der Waals surface area contributed by atoms with Crippen LogP contribution in [0.15, 0.2) is 212 Å². The minimum atomic E-state index is -0.726. The molecule has 0 N–H and O–H groups in total. The van der Waals surface area contributed by atoms with Crippen molar-refractivity contribution in [3.05, 3.63) is 218 Å². The van der Waals surface area contributed by atoms with Gasteiger partial charge >= 0.3 is 0 Å². The van der Waals surface area contributed by atoms with Crippen molar-refractivity contribution in [1.29, 1.82) is 5.26 Å². The Morgan fingerprint density at radius 2 is 0.754 bits per heavy atom. The van der Waals surface area contributed by atoms with Gasteiger partial charge in [0.05, 0.1) is 73.5 Å². The molecule has 7 nitrogen and oxygen atoms in total. The second-order valence-corrected chi connectivity index (χ2v) is 15.3. The molecule has 0 atom stereocenters. The van der Waals surface area contributed by atoms with Crippen LogP contribution in [0.4, 0.5) is 0 Å². The van der Waals surface area contributed by atoms with Gasteiger partial charge in [0.2, 0.25) is 0 Å². The van der Waals surface area contributed by atoms with Gasteiger partial charge in [0, 0.05) is 43.4 Å². The summed E-state index contributed by atoms with van der Waals surface area (Å²) in [6.07, 6.45) is 0. The van der Waals surface area contributed by atoms with Crippen LogP contribution in [0.5, 0.6) is 0 Å². The highest BCUT2D eigenvalue weighted by molar-refractivity contribution is 6.13. The van der Waals surface area contributed by atoms with E-state index in [9.17, 15) is 14.9 Å². The molecule has 0 fully saturated rings. The summed E-state index contributed by atoms with van der Waals surface area (Å²) in [6.45, 7) is 0. The van der Waals surface area contributed by atoms with Crippen LogP contribution in [0.25, 0.3) is 117 Å². The summed E-state index contributed by atoms with van der Waals surface area (Å²) >= 11 is 0. The van der Waals surface area contributed by atoms with Crippen molar-refractivity contribution in [2.24, 2.45) is 0 Å². The number of para-hydroxylation sites is 6. The third-order valence-corrected chi connectivity index (χ3v) is 11.9. The van der Waals surface area contributed by atoms with Crippen molar-refractivity contribution < 1.29 is 17.8 Å². The highest BCUT2D eigenvalue weighted by atomic mass is 15.1. The van der Waals surface area contributed by atoms with E-state index in [2.05, 4.69) is 11.1 Å². The third-order valence-electron chi connectivity index (χ3n) is 11.9. The molecule has 0 amide bonds. The largest absolute Gasteiger partial charge is 0.308 e. The van der Waals surface area contributed by atoms with Crippen LogP contribution in [0.2, 0.25) is 0 Å². The molecule has 0 saturated carbocycles. The van der Waals surface area contributed by atoms with Crippen LogP contribution in [0.1, 0.15) is 23.4 Å². The Labute approximate surface area is 391 Å². The van der Waals surface area contributed by atoms with Gasteiger partial charge in [-0.05, 0) is 42.4 Å². The van der Waals surface area contributed by atoms with Crippen molar-refractivity contribution in [2.45, 2.75) is 0 Å². The lowest BCUT2D eigenvalue weighted by atomic mass is 9.99. The molecule has 0 unspecified atom stereocenters. The smallest absolute Gasteiger partial charge is 0.168 e. The molecule has 0 saturated heterocycles. The molecular weight excluding hydrogens is 795 g/mol. The molecule has 0 spiro atoms. The average Bonchev–Trinajstić information content (AvgIpc) is 4.24. The van der Waals surface area contributed by atoms with Gasteiger partial charge in [-0.1, -0.05) is 170 Å². The van der Waals surface area contributed by atoms with E-state index >= 15 is 0 Å². The minimum absolute atomic E-state index is 0.00334. The van der Waals surface area contributed by atoms with Gasteiger partial charge in [0.25, 0.3) is 0 Å². The summed E-state index contributed by atoms with van der Waals surface area (Å²) in [4.78, 5) is 14.7. The van der Waals surface area contributed by atoms with Crippen LogP contribution in [-0.2, 0) is 0 Å². The van der Waals surface area contributed by atoms with Gasteiger partial charge in [-0.15, -0.1) is 0 Å². The van der Waals surface area contributed by atoms with E-state index in [1.165, 1.54) is 0 Å². The number of nitriles is 1. The van der Waals surface area contributed by atoms with E-state index in [1.54, 1.807) is 47.0 Å². The molecule has 65 heavy (non-hydrogen) atoms. The molecule has 0 aliphatic heterocycles. The standard InChI is InChI=1S/C58H35N7/c59-36-45-52(63-46-29-13-7-23-39(46)40-24-8-14-30-47(40)63)35-53(64-48-31-15-9-25-41(48)42-26-10-16-32-49(42)64)54(55(45)65-50-33-17-11-27-43(50)44-28-12-18-34-51(44)65)58-61-56(37-19-3-1-4-20-37)60-57(62-58)38-21-5-2-6-22-38/h1-35H/i1D,2D,3D,4D,5D,6D,19D,20D,21D,22D,29D,31D,33D. The monoisotopic (exact) mass is 842 g/mol. The molecule has 13 aromatic rings. The normalized spacial score (nSPS) is 14.5. The molecule has 4 heterocycles. The molecule has 0 radical (unpaired) electrons. The van der Waals surface area contributed by atoms with Crippen molar-refractivity contribution in [2.75, 3.05) is 0 Å². The Morgan fingerprint density at radius 1 is 0.385 bits per heavy atom. The highest BCUT2D eigenvalue weighted by Gasteiger charge is 2.31. The zero-order valence-electron chi connectivity index (χ0n) is 46.8. The summed E-state index contributed by atoms with van der Waals surface area (Å²) in [5, 5.41) is 16.4. The minimum Gasteiger partial charge on any atom is -0.308 e. The quantitative estimate of drug-likeness (QED) is 0.167. The molecule has 0 bridgehead atoms. The maximum absolute atomic E-state index is 12.2. The Hall–Kier alpha value is -9.12. The summed E-state index contributed by atoms with van der Waals surface area (Å²) < 4.78 is 123. The molecule has 4 aromatic heterocycles. The molecule has 9 aromatic carbocycles.